The SMILES string of the molecule is Cc1cc(C#N)cc2c1c(F)c(NC(=O)CC(C)(C)C)n2C1CC1. The maximum absolute atomic E-state index is 15.0. The van der Waals surface area contributed by atoms with Gasteiger partial charge in [-0.1, -0.05) is 20.8 Å². The summed E-state index contributed by atoms with van der Waals surface area (Å²) in [6, 6.07) is 5.71. The van der Waals surface area contributed by atoms with Crippen molar-refractivity contribution in [3.8, 4) is 6.07 Å². The predicted molar refractivity (Wildman–Crippen MR) is 92.3 cm³/mol. The number of carbonyl (C=O) groups is 1. The van der Waals surface area contributed by atoms with Gasteiger partial charge in [-0.05, 0) is 42.9 Å². The number of nitrogens with one attached hydrogen (secondary N) is 1. The van der Waals surface area contributed by atoms with E-state index in [0.717, 1.165) is 12.8 Å². The molecule has 0 aliphatic heterocycles. The molecule has 0 atom stereocenters. The standard InChI is InChI=1S/C19H22FN3O/c1-11-7-12(10-21)8-14-16(11)17(20)18(23(14)13-5-6-13)22-15(24)9-19(2,3)4/h7-8,13H,5-6,9H2,1-4H3,(H,22,24). The van der Waals surface area contributed by atoms with Gasteiger partial charge in [0.25, 0.3) is 0 Å². The number of rotatable bonds is 3. The lowest BCUT2D eigenvalue weighted by Crippen LogP contribution is -2.21. The Morgan fingerprint density at radius 3 is 2.62 bits per heavy atom. The van der Waals surface area contributed by atoms with Crippen LogP contribution in [0.2, 0.25) is 0 Å². The van der Waals surface area contributed by atoms with Gasteiger partial charge in [-0.3, -0.25) is 4.79 Å². The van der Waals surface area contributed by atoms with Crippen molar-refractivity contribution in [2.24, 2.45) is 5.41 Å². The van der Waals surface area contributed by atoms with Gasteiger partial charge in [-0.15, -0.1) is 0 Å². The topological polar surface area (TPSA) is 57.8 Å². The van der Waals surface area contributed by atoms with E-state index in [1.54, 1.807) is 19.1 Å². The van der Waals surface area contributed by atoms with Crippen molar-refractivity contribution in [1.29, 1.82) is 5.26 Å². The van der Waals surface area contributed by atoms with Crippen LogP contribution in [0.15, 0.2) is 12.1 Å². The lowest BCUT2D eigenvalue weighted by molar-refractivity contribution is -0.117. The molecular weight excluding hydrogens is 305 g/mol. The highest BCUT2D eigenvalue weighted by Gasteiger charge is 2.32. The van der Waals surface area contributed by atoms with Crippen molar-refractivity contribution in [1.82, 2.24) is 4.57 Å². The fourth-order valence-electron chi connectivity index (χ4n) is 3.14. The Balaban J connectivity index is 2.12. The highest BCUT2D eigenvalue weighted by molar-refractivity contribution is 5.97. The zero-order valence-electron chi connectivity index (χ0n) is 14.5. The van der Waals surface area contributed by atoms with E-state index >= 15 is 4.39 Å². The van der Waals surface area contributed by atoms with Crippen LogP contribution in [-0.2, 0) is 4.79 Å². The maximum atomic E-state index is 15.0. The molecule has 1 heterocycles. The molecule has 2 aromatic rings. The van der Waals surface area contributed by atoms with Crippen LogP contribution in [0.1, 0.15) is 57.2 Å². The first-order valence-corrected chi connectivity index (χ1v) is 8.25. The summed E-state index contributed by atoms with van der Waals surface area (Å²) < 4.78 is 16.9. The number of fused-ring (bicyclic) bond motifs is 1. The third-order valence-corrected chi connectivity index (χ3v) is 4.23. The number of hydrogen-bond donors (Lipinski definition) is 1. The van der Waals surface area contributed by atoms with Gasteiger partial charge in [0, 0.05) is 17.8 Å². The number of nitriles is 1. The van der Waals surface area contributed by atoms with Gasteiger partial charge in [0.05, 0.1) is 17.1 Å². The molecule has 0 spiro atoms. The maximum Gasteiger partial charge on any atom is 0.226 e. The second-order valence-electron chi connectivity index (χ2n) is 7.85. The van der Waals surface area contributed by atoms with Crippen LogP contribution < -0.4 is 5.32 Å². The number of halogens is 1. The van der Waals surface area contributed by atoms with Crippen molar-refractivity contribution in [2.45, 2.75) is 53.0 Å². The van der Waals surface area contributed by atoms with E-state index in [1.165, 1.54) is 0 Å². The van der Waals surface area contributed by atoms with E-state index < -0.39 is 5.82 Å². The number of carbonyl (C=O) groups excluding carboxylic acids is 1. The summed E-state index contributed by atoms with van der Waals surface area (Å²) in [5, 5.41) is 12.5. The van der Waals surface area contributed by atoms with E-state index in [2.05, 4.69) is 11.4 Å². The summed E-state index contributed by atoms with van der Waals surface area (Å²) in [6.07, 6.45) is 2.24. The molecule has 1 N–H and O–H groups in total. The molecule has 1 saturated carbocycles. The van der Waals surface area contributed by atoms with Crippen molar-refractivity contribution in [3.63, 3.8) is 0 Å². The summed E-state index contributed by atoms with van der Waals surface area (Å²) in [7, 11) is 0. The second-order valence-corrected chi connectivity index (χ2v) is 7.85. The lowest BCUT2D eigenvalue weighted by Gasteiger charge is -2.18. The molecule has 0 radical (unpaired) electrons. The smallest absolute Gasteiger partial charge is 0.226 e. The van der Waals surface area contributed by atoms with Gasteiger partial charge in [0.2, 0.25) is 5.91 Å². The zero-order chi connectivity index (χ0) is 17.6. The average Bonchev–Trinajstić information content (AvgIpc) is 3.24. The van der Waals surface area contributed by atoms with Crippen LogP contribution in [0.4, 0.5) is 10.2 Å². The van der Waals surface area contributed by atoms with Crippen LogP contribution in [0.25, 0.3) is 10.9 Å². The first kappa shape index (κ1) is 16.5. The molecular formula is C19H22FN3O. The average molecular weight is 327 g/mol. The van der Waals surface area contributed by atoms with Gasteiger partial charge < -0.3 is 9.88 Å². The molecule has 0 bridgehead atoms. The fraction of sp³-hybridized carbons (Fsp3) is 0.474. The third-order valence-electron chi connectivity index (χ3n) is 4.23. The summed E-state index contributed by atoms with van der Waals surface area (Å²) in [6.45, 7) is 7.72. The van der Waals surface area contributed by atoms with Crippen LogP contribution in [-0.4, -0.2) is 10.5 Å². The summed E-state index contributed by atoms with van der Waals surface area (Å²) in [4.78, 5) is 12.3. The van der Waals surface area contributed by atoms with Crippen molar-refractivity contribution in [3.05, 3.63) is 29.1 Å². The van der Waals surface area contributed by atoms with E-state index in [9.17, 15) is 10.1 Å². The van der Waals surface area contributed by atoms with Gasteiger partial charge in [-0.2, -0.15) is 5.26 Å². The zero-order valence-corrected chi connectivity index (χ0v) is 14.5. The number of amides is 1. The fourth-order valence-corrected chi connectivity index (χ4v) is 3.14. The van der Waals surface area contributed by atoms with Crippen LogP contribution in [0.5, 0.6) is 0 Å². The molecule has 126 valence electrons. The van der Waals surface area contributed by atoms with Crippen LogP contribution in [0.3, 0.4) is 0 Å². The minimum Gasteiger partial charge on any atom is -0.322 e. The van der Waals surface area contributed by atoms with E-state index in [1.807, 2.05) is 25.3 Å². The van der Waals surface area contributed by atoms with Crippen molar-refractivity contribution < 1.29 is 9.18 Å². The monoisotopic (exact) mass is 327 g/mol. The third kappa shape index (κ3) is 3.01. The molecule has 3 rings (SSSR count). The number of aromatic nitrogens is 1. The Morgan fingerprint density at radius 1 is 1.42 bits per heavy atom. The predicted octanol–water partition coefficient (Wildman–Crippen LogP) is 4.67. The second kappa shape index (κ2) is 5.62. The van der Waals surface area contributed by atoms with E-state index in [4.69, 9.17) is 0 Å². The summed E-state index contributed by atoms with van der Waals surface area (Å²) >= 11 is 0. The Hall–Kier alpha value is -2.35. The van der Waals surface area contributed by atoms with Crippen LogP contribution >= 0.6 is 0 Å². The highest BCUT2D eigenvalue weighted by Crippen LogP contribution is 2.44. The van der Waals surface area contributed by atoms with E-state index in [-0.39, 0.29) is 23.2 Å². The number of aryl methyl sites for hydroxylation is 1. The van der Waals surface area contributed by atoms with Gasteiger partial charge in [-0.25, -0.2) is 4.39 Å². The minimum absolute atomic E-state index is 0.166. The Kier molecular flexibility index (Phi) is 3.87. The van der Waals surface area contributed by atoms with Crippen LogP contribution in [0, 0.1) is 29.5 Å². The number of benzene rings is 1. The minimum atomic E-state index is -0.402. The van der Waals surface area contributed by atoms with Crippen molar-refractivity contribution >= 4 is 22.6 Å². The quantitative estimate of drug-likeness (QED) is 0.890. The molecule has 24 heavy (non-hydrogen) atoms. The molecule has 1 amide bonds. The number of hydrogen-bond acceptors (Lipinski definition) is 2. The number of nitrogens with zero attached hydrogens (tertiary/aromatic N) is 2. The molecule has 0 unspecified atom stereocenters. The molecule has 5 heteroatoms. The van der Waals surface area contributed by atoms with E-state index in [0.29, 0.717) is 28.5 Å². The normalized spacial score (nSPS) is 14.7. The largest absolute Gasteiger partial charge is 0.322 e. The Bertz CT molecular complexity index is 864. The van der Waals surface area contributed by atoms with Crippen molar-refractivity contribution in [2.75, 3.05) is 5.32 Å². The molecule has 0 saturated heterocycles. The Labute approximate surface area is 141 Å². The first-order valence-electron chi connectivity index (χ1n) is 8.25. The molecule has 1 aromatic heterocycles. The highest BCUT2D eigenvalue weighted by atomic mass is 19.1. The molecule has 4 nitrogen and oxygen atoms in total. The van der Waals surface area contributed by atoms with Gasteiger partial charge in [0.1, 0.15) is 0 Å². The molecule has 1 aliphatic carbocycles. The molecule has 1 fully saturated rings. The van der Waals surface area contributed by atoms with Gasteiger partial charge in [0.15, 0.2) is 11.6 Å². The summed E-state index contributed by atoms with van der Waals surface area (Å²) in [5.41, 5.74) is 1.75. The lowest BCUT2D eigenvalue weighted by atomic mass is 9.92. The first-order chi connectivity index (χ1) is 11.2. The number of anilines is 1. The summed E-state index contributed by atoms with van der Waals surface area (Å²) in [5.74, 6) is -0.356. The molecule has 1 aromatic carbocycles. The molecule has 1 aliphatic rings. The Morgan fingerprint density at radius 2 is 2.08 bits per heavy atom. The van der Waals surface area contributed by atoms with Gasteiger partial charge >= 0.3 is 0 Å².